The number of methoxy groups -OCH3 is 1. The molecule has 0 amide bonds. The van der Waals surface area contributed by atoms with Crippen LogP contribution in [0.15, 0.2) is 12.1 Å². The summed E-state index contributed by atoms with van der Waals surface area (Å²) in [5, 5.41) is 0.329. The number of halogens is 1. The first-order chi connectivity index (χ1) is 10.5. The van der Waals surface area contributed by atoms with Gasteiger partial charge in [-0.05, 0) is 38.4 Å². The van der Waals surface area contributed by atoms with Crippen LogP contribution < -0.4 is 10.5 Å². The molecule has 0 aliphatic carbocycles. The summed E-state index contributed by atoms with van der Waals surface area (Å²) in [4.78, 5) is 14.8. The molecule has 6 heteroatoms. The van der Waals surface area contributed by atoms with Gasteiger partial charge in [0.2, 0.25) is 0 Å². The van der Waals surface area contributed by atoms with Gasteiger partial charge in [0.1, 0.15) is 11.3 Å². The summed E-state index contributed by atoms with van der Waals surface area (Å²) in [6.45, 7) is 3.75. The molecule has 2 saturated heterocycles. The smallest absolute Gasteiger partial charge is 0.341 e. The van der Waals surface area contributed by atoms with E-state index in [1.165, 1.54) is 19.6 Å². The number of nitrogens with two attached hydrogens (primary N) is 1. The third-order valence-corrected chi connectivity index (χ3v) is 5.07. The third kappa shape index (κ3) is 2.88. The molecule has 3 rings (SSSR count). The maximum Gasteiger partial charge on any atom is 0.341 e. The number of piperidine rings is 1. The summed E-state index contributed by atoms with van der Waals surface area (Å²) in [5.74, 6) is -0.0155. The molecule has 5 nitrogen and oxygen atoms in total. The first kappa shape index (κ1) is 15.4. The van der Waals surface area contributed by atoms with Crippen molar-refractivity contribution < 1.29 is 14.3 Å². The normalized spacial score (nSPS) is 26.7. The molecule has 0 radical (unpaired) electrons. The van der Waals surface area contributed by atoms with Crippen LogP contribution in [0.2, 0.25) is 5.02 Å². The zero-order valence-electron chi connectivity index (χ0n) is 12.7. The molecule has 1 aromatic carbocycles. The van der Waals surface area contributed by atoms with E-state index in [9.17, 15) is 4.79 Å². The molecule has 1 aromatic rings. The molecule has 2 atom stereocenters. The molecule has 2 fully saturated rings. The largest absolute Gasteiger partial charge is 0.496 e. The van der Waals surface area contributed by atoms with Crippen molar-refractivity contribution >= 4 is 23.3 Å². The highest BCUT2D eigenvalue weighted by Gasteiger charge is 2.41. The average molecular weight is 325 g/mol. The maximum absolute atomic E-state index is 12.4. The Morgan fingerprint density at radius 2 is 2.23 bits per heavy atom. The number of fused-ring (bicyclic) bond motifs is 2. The van der Waals surface area contributed by atoms with Gasteiger partial charge in [0.15, 0.2) is 0 Å². The molecule has 0 spiro atoms. The lowest BCUT2D eigenvalue weighted by Gasteiger charge is -2.33. The molecule has 0 aromatic heterocycles. The van der Waals surface area contributed by atoms with Crippen molar-refractivity contribution in [3.63, 3.8) is 0 Å². The van der Waals surface area contributed by atoms with Gasteiger partial charge < -0.3 is 20.1 Å². The minimum absolute atomic E-state index is 0.124. The van der Waals surface area contributed by atoms with Gasteiger partial charge in [-0.2, -0.15) is 0 Å². The lowest BCUT2D eigenvalue weighted by Crippen LogP contribution is -2.37. The maximum atomic E-state index is 12.4. The second kappa shape index (κ2) is 5.97. The van der Waals surface area contributed by atoms with Crippen LogP contribution in [0.1, 0.15) is 29.6 Å². The van der Waals surface area contributed by atoms with Crippen LogP contribution in [0, 0.1) is 5.41 Å². The highest BCUT2D eigenvalue weighted by molar-refractivity contribution is 6.33. The van der Waals surface area contributed by atoms with E-state index in [1.807, 2.05) is 0 Å². The van der Waals surface area contributed by atoms with Gasteiger partial charge in [-0.15, -0.1) is 0 Å². The number of nitrogens with zero attached hydrogens (tertiary/aromatic N) is 1. The highest BCUT2D eigenvalue weighted by Crippen LogP contribution is 2.39. The lowest BCUT2D eigenvalue weighted by molar-refractivity contribution is 0.0221. The molecule has 2 heterocycles. The van der Waals surface area contributed by atoms with Crippen molar-refractivity contribution in [2.24, 2.45) is 5.41 Å². The third-order valence-electron chi connectivity index (χ3n) is 4.75. The Morgan fingerprint density at radius 1 is 1.41 bits per heavy atom. The van der Waals surface area contributed by atoms with E-state index in [-0.39, 0.29) is 5.41 Å². The Balaban J connectivity index is 1.71. The van der Waals surface area contributed by atoms with Crippen molar-refractivity contribution in [3.05, 3.63) is 22.7 Å². The highest BCUT2D eigenvalue weighted by atomic mass is 35.5. The molecular weight excluding hydrogens is 304 g/mol. The Bertz CT molecular complexity index is 589. The van der Waals surface area contributed by atoms with Crippen LogP contribution >= 0.6 is 11.6 Å². The molecule has 120 valence electrons. The van der Waals surface area contributed by atoms with Gasteiger partial charge in [0.05, 0.1) is 24.4 Å². The molecule has 2 N–H and O–H groups in total. The number of hydrogen-bond acceptors (Lipinski definition) is 5. The van der Waals surface area contributed by atoms with E-state index in [1.54, 1.807) is 6.07 Å². The number of rotatable bonds is 4. The molecule has 2 bridgehead atoms. The van der Waals surface area contributed by atoms with Gasteiger partial charge in [-0.25, -0.2) is 4.79 Å². The number of carbonyl (C=O) groups excluding carboxylic acids is 1. The predicted octanol–water partition coefficient (Wildman–Crippen LogP) is 2.57. The van der Waals surface area contributed by atoms with Crippen molar-refractivity contribution in [3.8, 4) is 5.75 Å². The zero-order valence-corrected chi connectivity index (χ0v) is 13.5. The fourth-order valence-corrected chi connectivity index (χ4v) is 3.65. The molecular formula is C16H21ClN2O3. The summed E-state index contributed by atoms with van der Waals surface area (Å²) in [7, 11) is 1.49. The van der Waals surface area contributed by atoms with Crippen LogP contribution in [-0.4, -0.2) is 44.2 Å². The average Bonchev–Trinajstić information content (AvgIpc) is 2.82. The Kier molecular flexibility index (Phi) is 4.19. The lowest BCUT2D eigenvalue weighted by atomic mass is 9.82. The van der Waals surface area contributed by atoms with Crippen LogP contribution in [0.5, 0.6) is 5.75 Å². The number of esters is 1. The number of ether oxygens (including phenoxy) is 2. The number of benzene rings is 1. The van der Waals surface area contributed by atoms with Crippen molar-refractivity contribution in [1.82, 2.24) is 4.90 Å². The Hall–Kier alpha value is -1.46. The molecule has 22 heavy (non-hydrogen) atoms. The molecule has 2 aliphatic rings. The summed E-state index contributed by atoms with van der Waals surface area (Å²) in [6.07, 6.45) is 3.39. The van der Waals surface area contributed by atoms with Gasteiger partial charge in [0, 0.05) is 18.0 Å². The molecule has 2 unspecified atom stereocenters. The SMILES string of the molecule is COc1cc(N)c(Cl)cc1C(=O)OCC12CCCN(CC1)C2. The zero-order chi connectivity index (χ0) is 15.7. The standard InChI is InChI=1S/C16H21ClN2O3/c1-21-14-8-13(18)12(17)7-11(14)15(20)22-10-16-3-2-5-19(9-16)6-4-16/h7-8H,2-6,9-10,18H2,1H3. The van der Waals surface area contributed by atoms with Gasteiger partial charge >= 0.3 is 5.97 Å². The van der Waals surface area contributed by atoms with Crippen LogP contribution in [0.3, 0.4) is 0 Å². The topological polar surface area (TPSA) is 64.8 Å². The molecule has 2 aliphatic heterocycles. The van der Waals surface area contributed by atoms with Crippen molar-refractivity contribution in [1.29, 1.82) is 0 Å². The minimum Gasteiger partial charge on any atom is -0.496 e. The number of anilines is 1. The first-order valence-electron chi connectivity index (χ1n) is 7.55. The van der Waals surface area contributed by atoms with Crippen molar-refractivity contribution in [2.75, 3.05) is 39.1 Å². The summed E-state index contributed by atoms with van der Waals surface area (Å²) in [5.41, 5.74) is 6.56. The Morgan fingerprint density at radius 3 is 3.00 bits per heavy atom. The van der Waals surface area contributed by atoms with E-state index in [4.69, 9.17) is 26.8 Å². The minimum atomic E-state index is -0.405. The summed E-state index contributed by atoms with van der Waals surface area (Å²) in [6, 6.07) is 3.06. The number of nitrogen functional groups attached to an aromatic ring is 1. The predicted molar refractivity (Wildman–Crippen MR) is 85.4 cm³/mol. The number of hydrogen-bond donors (Lipinski definition) is 1. The van der Waals surface area contributed by atoms with Crippen LogP contribution in [0.25, 0.3) is 0 Å². The summed E-state index contributed by atoms with van der Waals surface area (Å²) >= 11 is 6.00. The fraction of sp³-hybridized carbons (Fsp3) is 0.562. The van der Waals surface area contributed by atoms with Gasteiger partial charge in [-0.3, -0.25) is 0 Å². The van der Waals surface area contributed by atoms with E-state index < -0.39 is 5.97 Å². The number of carbonyl (C=O) groups is 1. The van der Waals surface area contributed by atoms with Crippen LogP contribution in [-0.2, 0) is 4.74 Å². The van der Waals surface area contributed by atoms with E-state index >= 15 is 0 Å². The van der Waals surface area contributed by atoms with E-state index in [0.717, 1.165) is 32.5 Å². The van der Waals surface area contributed by atoms with E-state index in [2.05, 4.69) is 4.90 Å². The van der Waals surface area contributed by atoms with Crippen LogP contribution in [0.4, 0.5) is 5.69 Å². The monoisotopic (exact) mass is 324 g/mol. The second-order valence-corrected chi connectivity index (χ2v) is 6.69. The second-order valence-electron chi connectivity index (χ2n) is 6.28. The van der Waals surface area contributed by atoms with Gasteiger partial charge in [0.25, 0.3) is 0 Å². The van der Waals surface area contributed by atoms with Gasteiger partial charge in [-0.1, -0.05) is 11.6 Å². The molecule has 0 saturated carbocycles. The van der Waals surface area contributed by atoms with Crippen molar-refractivity contribution in [2.45, 2.75) is 19.3 Å². The quantitative estimate of drug-likeness (QED) is 0.681. The fourth-order valence-electron chi connectivity index (χ4n) is 3.48. The summed E-state index contributed by atoms with van der Waals surface area (Å²) < 4.78 is 10.8. The van der Waals surface area contributed by atoms with E-state index in [0.29, 0.717) is 28.6 Å². The Labute approximate surface area is 135 Å². The first-order valence-corrected chi connectivity index (χ1v) is 7.93.